The molecular weight excluding hydrogens is 350 g/mol. The number of nitro benzene ring substituents is 1. The number of hydrogen-bond acceptors (Lipinski definition) is 5. The van der Waals surface area contributed by atoms with Gasteiger partial charge in [-0.05, 0) is 37.1 Å². The van der Waals surface area contributed by atoms with E-state index in [1.807, 2.05) is 32.0 Å². The molecule has 8 heteroatoms. The molecule has 0 saturated carbocycles. The van der Waals surface area contributed by atoms with Crippen molar-refractivity contribution < 1.29 is 19.2 Å². The lowest BCUT2D eigenvalue weighted by Crippen LogP contribution is -2.39. The Morgan fingerprint density at radius 3 is 2.63 bits per heavy atom. The van der Waals surface area contributed by atoms with Crippen LogP contribution in [0.3, 0.4) is 0 Å². The van der Waals surface area contributed by atoms with Crippen LogP contribution < -0.4 is 14.8 Å². The number of urea groups is 1. The molecule has 0 fully saturated rings. The number of carbonyl (C=O) groups is 1. The molecule has 0 aliphatic carbocycles. The number of benzene rings is 2. The number of fused-ring (bicyclic) bond motifs is 1. The average Bonchev–Trinajstić information content (AvgIpc) is 3.14. The van der Waals surface area contributed by atoms with E-state index in [-0.39, 0.29) is 30.6 Å². The molecule has 27 heavy (non-hydrogen) atoms. The van der Waals surface area contributed by atoms with E-state index in [0.717, 1.165) is 5.56 Å². The smallest absolute Gasteiger partial charge is 0.318 e. The summed E-state index contributed by atoms with van der Waals surface area (Å²) < 4.78 is 10.7. The number of nitrogens with zero attached hydrogens (tertiary/aromatic N) is 2. The monoisotopic (exact) mass is 371 g/mol. The highest BCUT2D eigenvalue weighted by atomic mass is 16.7. The van der Waals surface area contributed by atoms with Crippen molar-refractivity contribution in [1.29, 1.82) is 0 Å². The van der Waals surface area contributed by atoms with Gasteiger partial charge in [0.1, 0.15) is 0 Å². The summed E-state index contributed by atoms with van der Waals surface area (Å²) in [6.45, 7) is 3.90. The first-order valence-electron chi connectivity index (χ1n) is 8.54. The predicted octanol–water partition coefficient (Wildman–Crippen LogP) is 3.79. The summed E-state index contributed by atoms with van der Waals surface area (Å²) in [5.74, 6) is 1.35. The predicted molar refractivity (Wildman–Crippen MR) is 98.8 cm³/mol. The quantitative estimate of drug-likeness (QED) is 0.637. The van der Waals surface area contributed by atoms with Crippen LogP contribution in [0.1, 0.15) is 37.1 Å². The van der Waals surface area contributed by atoms with Gasteiger partial charge in [-0.1, -0.05) is 18.2 Å². The first kappa shape index (κ1) is 18.5. The number of non-ortho nitro benzene ring substituents is 1. The van der Waals surface area contributed by atoms with Crippen molar-refractivity contribution in [2.24, 2.45) is 0 Å². The highest BCUT2D eigenvalue weighted by Crippen LogP contribution is 2.34. The van der Waals surface area contributed by atoms with Crippen LogP contribution in [0.2, 0.25) is 0 Å². The number of amides is 2. The van der Waals surface area contributed by atoms with Crippen LogP contribution in [0.4, 0.5) is 10.5 Å². The van der Waals surface area contributed by atoms with E-state index in [1.165, 1.54) is 17.0 Å². The molecule has 0 aromatic heterocycles. The summed E-state index contributed by atoms with van der Waals surface area (Å²) in [5.41, 5.74) is 1.59. The Labute approximate surface area is 156 Å². The summed E-state index contributed by atoms with van der Waals surface area (Å²) >= 11 is 0. The molecule has 1 aliphatic heterocycles. The molecule has 1 heterocycles. The Kier molecular flexibility index (Phi) is 5.16. The molecular formula is C19H21N3O5. The highest BCUT2D eigenvalue weighted by Gasteiger charge is 2.22. The van der Waals surface area contributed by atoms with Gasteiger partial charge < -0.3 is 19.7 Å². The first-order chi connectivity index (χ1) is 12.9. The third kappa shape index (κ3) is 3.94. The van der Waals surface area contributed by atoms with Gasteiger partial charge in [0.25, 0.3) is 5.69 Å². The van der Waals surface area contributed by atoms with Crippen molar-refractivity contribution in [3.8, 4) is 11.5 Å². The van der Waals surface area contributed by atoms with Crippen LogP contribution in [-0.2, 0) is 0 Å². The fraction of sp³-hybridized carbons (Fsp3) is 0.316. The van der Waals surface area contributed by atoms with Crippen LogP contribution in [-0.4, -0.2) is 29.7 Å². The SMILES string of the molecule is C[C@@H](NC(=O)N(C)[C@@H](C)c1cccc([N+](=O)[O-])c1)c1ccc2c(c1)OCO2. The molecule has 8 nitrogen and oxygen atoms in total. The van der Waals surface area contributed by atoms with E-state index < -0.39 is 4.92 Å². The molecule has 0 bridgehead atoms. The van der Waals surface area contributed by atoms with Gasteiger partial charge in [0.2, 0.25) is 6.79 Å². The van der Waals surface area contributed by atoms with Crippen molar-refractivity contribution >= 4 is 11.7 Å². The highest BCUT2D eigenvalue weighted by molar-refractivity contribution is 5.75. The Morgan fingerprint density at radius 2 is 1.89 bits per heavy atom. The van der Waals surface area contributed by atoms with E-state index in [0.29, 0.717) is 17.1 Å². The molecule has 0 radical (unpaired) electrons. The summed E-state index contributed by atoms with van der Waals surface area (Å²) in [7, 11) is 1.66. The topological polar surface area (TPSA) is 93.9 Å². The van der Waals surface area contributed by atoms with Gasteiger partial charge in [-0.3, -0.25) is 10.1 Å². The number of ether oxygens (including phenoxy) is 2. The molecule has 0 saturated heterocycles. The van der Waals surface area contributed by atoms with Crippen LogP contribution in [0.5, 0.6) is 11.5 Å². The molecule has 1 aliphatic rings. The summed E-state index contributed by atoms with van der Waals surface area (Å²) in [6.07, 6.45) is 0. The second-order valence-electron chi connectivity index (χ2n) is 6.42. The summed E-state index contributed by atoms with van der Waals surface area (Å²) in [4.78, 5) is 24.6. The standard InChI is InChI=1S/C19H21N3O5/c1-12(14-7-8-17-18(10-14)27-11-26-17)20-19(23)21(3)13(2)15-5-4-6-16(9-15)22(24)25/h4-10,12-13H,11H2,1-3H3,(H,20,23)/t12-,13+/m1/s1. The second kappa shape index (κ2) is 7.53. The minimum absolute atomic E-state index is 0.00175. The Morgan fingerprint density at radius 1 is 1.15 bits per heavy atom. The second-order valence-corrected chi connectivity index (χ2v) is 6.42. The molecule has 0 spiro atoms. The molecule has 3 rings (SSSR count). The molecule has 2 aromatic rings. The number of rotatable bonds is 5. The zero-order chi connectivity index (χ0) is 19.6. The van der Waals surface area contributed by atoms with Crippen molar-refractivity contribution in [2.45, 2.75) is 25.9 Å². The van der Waals surface area contributed by atoms with Gasteiger partial charge in [0.15, 0.2) is 11.5 Å². The largest absolute Gasteiger partial charge is 0.454 e. The van der Waals surface area contributed by atoms with Gasteiger partial charge in [-0.25, -0.2) is 4.79 Å². The van der Waals surface area contributed by atoms with Crippen LogP contribution in [0, 0.1) is 10.1 Å². The fourth-order valence-corrected chi connectivity index (χ4v) is 2.85. The zero-order valence-corrected chi connectivity index (χ0v) is 15.3. The molecule has 2 aromatic carbocycles. The Bertz CT molecular complexity index is 870. The van der Waals surface area contributed by atoms with Crippen molar-refractivity contribution in [1.82, 2.24) is 10.2 Å². The van der Waals surface area contributed by atoms with Crippen LogP contribution in [0.15, 0.2) is 42.5 Å². The van der Waals surface area contributed by atoms with Gasteiger partial charge in [0.05, 0.1) is 17.0 Å². The lowest BCUT2D eigenvalue weighted by atomic mass is 10.1. The van der Waals surface area contributed by atoms with Gasteiger partial charge in [0, 0.05) is 19.2 Å². The van der Waals surface area contributed by atoms with E-state index >= 15 is 0 Å². The maximum Gasteiger partial charge on any atom is 0.318 e. The van der Waals surface area contributed by atoms with Gasteiger partial charge in [-0.15, -0.1) is 0 Å². The minimum Gasteiger partial charge on any atom is -0.454 e. The maximum atomic E-state index is 12.6. The zero-order valence-electron chi connectivity index (χ0n) is 15.3. The summed E-state index contributed by atoms with van der Waals surface area (Å²) in [5, 5.41) is 13.9. The Balaban J connectivity index is 1.68. The first-order valence-corrected chi connectivity index (χ1v) is 8.54. The normalized spacial score (nSPS) is 14.3. The van der Waals surface area contributed by atoms with Crippen molar-refractivity contribution in [2.75, 3.05) is 13.8 Å². The van der Waals surface area contributed by atoms with E-state index in [1.54, 1.807) is 19.2 Å². The van der Waals surface area contributed by atoms with Crippen LogP contribution >= 0.6 is 0 Å². The maximum absolute atomic E-state index is 12.6. The molecule has 2 atom stereocenters. The van der Waals surface area contributed by atoms with Crippen molar-refractivity contribution in [3.05, 3.63) is 63.7 Å². The number of nitro groups is 1. The average molecular weight is 371 g/mol. The van der Waals surface area contributed by atoms with E-state index in [4.69, 9.17) is 9.47 Å². The van der Waals surface area contributed by atoms with E-state index in [9.17, 15) is 14.9 Å². The summed E-state index contributed by atoms with van der Waals surface area (Å²) in [6, 6.07) is 11.0. The Hall–Kier alpha value is -3.29. The van der Waals surface area contributed by atoms with Crippen molar-refractivity contribution in [3.63, 3.8) is 0 Å². The van der Waals surface area contributed by atoms with Gasteiger partial charge >= 0.3 is 6.03 Å². The van der Waals surface area contributed by atoms with E-state index in [2.05, 4.69) is 5.32 Å². The number of nitrogens with one attached hydrogen (secondary N) is 1. The third-order valence-corrected chi connectivity index (χ3v) is 4.70. The fourth-order valence-electron chi connectivity index (χ4n) is 2.85. The lowest BCUT2D eigenvalue weighted by Gasteiger charge is -2.27. The number of hydrogen-bond donors (Lipinski definition) is 1. The lowest BCUT2D eigenvalue weighted by molar-refractivity contribution is -0.384. The van der Waals surface area contributed by atoms with Crippen LogP contribution in [0.25, 0.3) is 0 Å². The molecule has 2 amide bonds. The minimum atomic E-state index is -0.446. The van der Waals surface area contributed by atoms with Gasteiger partial charge in [-0.2, -0.15) is 0 Å². The number of carbonyl (C=O) groups excluding carboxylic acids is 1. The third-order valence-electron chi connectivity index (χ3n) is 4.70. The molecule has 142 valence electrons. The molecule has 0 unspecified atom stereocenters. The molecule has 1 N–H and O–H groups in total.